The number of nitrogens with one attached hydrogen (secondary N) is 1. The number of ether oxygens (including phenoxy) is 1. The number of hydrogen-bond donors (Lipinski definition) is 1. The summed E-state index contributed by atoms with van der Waals surface area (Å²) in [5, 5.41) is 3.21. The van der Waals surface area contributed by atoms with Crippen molar-refractivity contribution < 1.29 is 14.3 Å². The first kappa shape index (κ1) is 25.1. The van der Waals surface area contributed by atoms with Gasteiger partial charge in [-0.3, -0.25) is 9.59 Å². The van der Waals surface area contributed by atoms with Gasteiger partial charge in [0.05, 0.1) is 6.61 Å². The molecule has 0 aromatic heterocycles. The van der Waals surface area contributed by atoms with E-state index in [2.05, 4.69) is 12.2 Å². The van der Waals surface area contributed by atoms with Crippen molar-refractivity contribution in [2.75, 3.05) is 12.5 Å². The molecule has 33 heavy (non-hydrogen) atoms. The summed E-state index contributed by atoms with van der Waals surface area (Å²) < 4.78 is 5.79. The first-order chi connectivity index (χ1) is 16.1. The lowest BCUT2D eigenvalue weighted by Gasteiger charge is -2.33. The monoisotopic (exact) mass is 470 g/mol. The first-order valence-electron chi connectivity index (χ1n) is 12.0. The first-order valence-corrected chi connectivity index (χ1v) is 12.6. The van der Waals surface area contributed by atoms with Crippen LogP contribution in [0.3, 0.4) is 0 Å². The highest BCUT2D eigenvalue weighted by Crippen LogP contribution is 2.27. The third-order valence-corrected chi connectivity index (χ3v) is 6.33. The molecule has 0 saturated heterocycles. The van der Waals surface area contributed by atoms with E-state index in [9.17, 15) is 9.59 Å². The van der Waals surface area contributed by atoms with Crippen molar-refractivity contribution in [2.45, 2.75) is 70.5 Å². The topological polar surface area (TPSA) is 58.6 Å². The van der Waals surface area contributed by atoms with Crippen LogP contribution in [0.25, 0.3) is 0 Å². The standard InChI is InChI=1S/C27H35ClN2O3/c1-2-3-18-33-24-16-14-22(15-17-24)26(27(32)29-23-12-8-5-9-13-23)30(25(31)19-28)20-21-10-6-4-7-11-21/h4,6-7,10-11,14-17,23,26H,2-3,5,8-9,12-13,18-20H2,1H3,(H,29,32). The Morgan fingerprint density at radius 1 is 1.06 bits per heavy atom. The molecule has 1 aliphatic carbocycles. The number of amides is 2. The van der Waals surface area contributed by atoms with Crippen LogP contribution in [0.15, 0.2) is 54.6 Å². The van der Waals surface area contributed by atoms with Gasteiger partial charge in [-0.25, -0.2) is 0 Å². The largest absolute Gasteiger partial charge is 0.494 e. The summed E-state index contributed by atoms with van der Waals surface area (Å²) in [7, 11) is 0. The predicted molar refractivity (Wildman–Crippen MR) is 132 cm³/mol. The van der Waals surface area contributed by atoms with Gasteiger partial charge in [0.1, 0.15) is 17.7 Å². The highest BCUT2D eigenvalue weighted by atomic mass is 35.5. The molecule has 0 aliphatic heterocycles. The summed E-state index contributed by atoms with van der Waals surface area (Å²) in [6.07, 6.45) is 7.46. The molecule has 0 spiro atoms. The summed E-state index contributed by atoms with van der Waals surface area (Å²) >= 11 is 5.99. The van der Waals surface area contributed by atoms with Gasteiger partial charge in [-0.05, 0) is 42.5 Å². The SMILES string of the molecule is CCCCOc1ccc(C(C(=O)NC2CCCCC2)N(Cc2ccccc2)C(=O)CCl)cc1. The fourth-order valence-corrected chi connectivity index (χ4v) is 4.41. The minimum Gasteiger partial charge on any atom is -0.494 e. The Labute approximate surface area is 202 Å². The van der Waals surface area contributed by atoms with Gasteiger partial charge in [0, 0.05) is 12.6 Å². The van der Waals surface area contributed by atoms with Crippen LogP contribution in [0.5, 0.6) is 5.75 Å². The number of halogens is 1. The molecule has 1 fully saturated rings. The number of rotatable bonds is 11. The number of hydrogen-bond acceptors (Lipinski definition) is 3. The molecule has 2 amide bonds. The molecule has 5 nitrogen and oxygen atoms in total. The Hall–Kier alpha value is -2.53. The highest BCUT2D eigenvalue weighted by Gasteiger charge is 2.32. The molecule has 3 rings (SSSR count). The molecule has 6 heteroatoms. The van der Waals surface area contributed by atoms with Gasteiger partial charge in [-0.1, -0.05) is 75.1 Å². The molecule has 2 aromatic rings. The Morgan fingerprint density at radius 2 is 1.76 bits per heavy atom. The van der Waals surface area contributed by atoms with E-state index in [1.165, 1.54) is 6.42 Å². The van der Waals surface area contributed by atoms with Crippen LogP contribution in [-0.2, 0) is 16.1 Å². The van der Waals surface area contributed by atoms with Crippen LogP contribution in [0, 0.1) is 0 Å². The van der Waals surface area contributed by atoms with E-state index in [1.54, 1.807) is 4.90 Å². The number of alkyl halides is 1. The van der Waals surface area contributed by atoms with E-state index in [4.69, 9.17) is 16.3 Å². The van der Waals surface area contributed by atoms with Gasteiger partial charge < -0.3 is 15.0 Å². The van der Waals surface area contributed by atoms with E-state index in [-0.39, 0.29) is 23.7 Å². The molecule has 2 aromatic carbocycles. The molecule has 178 valence electrons. The van der Waals surface area contributed by atoms with Crippen molar-refractivity contribution in [1.29, 1.82) is 0 Å². The zero-order valence-electron chi connectivity index (χ0n) is 19.5. The highest BCUT2D eigenvalue weighted by molar-refractivity contribution is 6.27. The zero-order valence-corrected chi connectivity index (χ0v) is 20.2. The van der Waals surface area contributed by atoms with Crippen molar-refractivity contribution in [3.63, 3.8) is 0 Å². The number of carbonyl (C=O) groups excluding carboxylic acids is 2. The lowest BCUT2D eigenvalue weighted by molar-refractivity contribution is -0.140. The Balaban J connectivity index is 1.88. The maximum absolute atomic E-state index is 13.6. The molecule has 1 aliphatic rings. The van der Waals surface area contributed by atoms with E-state index in [0.29, 0.717) is 13.2 Å². The van der Waals surface area contributed by atoms with E-state index in [0.717, 1.165) is 55.4 Å². The number of carbonyl (C=O) groups is 2. The molecule has 0 radical (unpaired) electrons. The molecular weight excluding hydrogens is 436 g/mol. The van der Waals surface area contributed by atoms with Crippen LogP contribution in [0.4, 0.5) is 0 Å². The van der Waals surface area contributed by atoms with Gasteiger partial charge >= 0.3 is 0 Å². The normalized spacial score (nSPS) is 15.0. The minimum atomic E-state index is -0.761. The van der Waals surface area contributed by atoms with Crippen molar-refractivity contribution in [1.82, 2.24) is 10.2 Å². The molecule has 1 N–H and O–H groups in total. The average Bonchev–Trinajstić information content (AvgIpc) is 2.85. The van der Waals surface area contributed by atoms with E-state index in [1.807, 2.05) is 54.6 Å². The summed E-state index contributed by atoms with van der Waals surface area (Å²) in [5.74, 6) is 0.151. The summed E-state index contributed by atoms with van der Waals surface area (Å²) in [6.45, 7) is 3.09. The van der Waals surface area contributed by atoms with Gasteiger partial charge in [0.15, 0.2) is 0 Å². The Bertz CT molecular complexity index is 867. The van der Waals surface area contributed by atoms with Crippen LogP contribution < -0.4 is 10.1 Å². The quantitative estimate of drug-likeness (QED) is 0.342. The third-order valence-electron chi connectivity index (χ3n) is 6.10. The fourth-order valence-electron chi connectivity index (χ4n) is 4.26. The van der Waals surface area contributed by atoms with Crippen LogP contribution in [0.1, 0.15) is 69.0 Å². The maximum atomic E-state index is 13.6. The second kappa shape index (κ2) is 13.2. The van der Waals surface area contributed by atoms with Crippen molar-refractivity contribution in [3.8, 4) is 5.75 Å². The predicted octanol–water partition coefficient (Wildman–Crippen LogP) is 5.62. The summed E-state index contributed by atoms with van der Waals surface area (Å²) in [4.78, 5) is 28.1. The van der Waals surface area contributed by atoms with Crippen molar-refractivity contribution >= 4 is 23.4 Å². The van der Waals surface area contributed by atoms with Crippen LogP contribution in [0.2, 0.25) is 0 Å². The van der Waals surface area contributed by atoms with E-state index >= 15 is 0 Å². The van der Waals surface area contributed by atoms with Crippen molar-refractivity contribution in [2.24, 2.45) is 0 Å². The van der Waals surface area contributed by atoms with Crippen molar-refractivity contribution in [3.05, 3.63) is 65.7 Å². The van der Waals surface area contributed by atoms with Gasteiger partial charge in [0.25, 0.3) is 0 Å². The second-order valence-corrected chi connectivity index (χ2v) is 8.93. The number of benzene rings is 2. The summed E-state index contributed by atoms with van der Waals surface area (Å²) in [6, 6.07) is 16.6. The van der Waals surface area contributed by atoms with Gasteiger partial charge in [0.2, 0.25) is 11.8 Å². The number of nitrogens with zero attached hydrogens (tertiary/aromatic N) is 1. The molecule has 1 saturated carbocycles. The van der Waals surface area contributed by atoms with Gasteiger partial charge in [-0.2, -0.15) is 0 Å². The molecule has 1 atom stereocenters. The number of unbranched alkanes of at least 4 members (excludes halogenated alkanes) is 1. The average molecular weight is 471 g/mol. The third kappa shape index (κ3) is 7.50. The molecule has 0 heterocycles. The lowest BCUT2D eigenvalue weighted by Crippen LogP contribution is -2.47. The minimum absolute atomic E-state index is 0.148. The van der Waals surface area contributed by atoms with E-state index < -0.39 is 6.04 Å². The second-order valence-electron chi connectivity index (χ2n) is 8.66. The zero-order chi connectivity index (χ0) is 23.5. The summed E-state index contributed by atoms with van der Waals surface area (Å²) in [5.41, 5.74) is 1.70. The fraction of sp³-hybridized carbons (Fsp3) is 0.481. The Morgan fingerprint density at radius 3 is 2.39 bits per heavy atom. The maximum Gasteiger partial charge on any atom is 0.247 e. The van der Waals surface area contributed by atoms with Crippen LogP contribution in [-0.4, -0.2) is 35.2 Å². The lowest BCUT2D eigenvalue weighted by atomic mass is 9.94. The van der Waals surface area contributed by atoms with Gasteiger partial charge in [-0.15, -0.1) is 11.6 Å². The molecule has 1 unspecified atom stereocenters. The molecule has 0 bridgehead atoms. The molecular formula is C27H35ClN2O3. The smallest absolute Gasteiger partial charge is 0.247 e. The Kier molecular flexibility index (Phi) is 10.1. The van der Waals surface area contributed by atoms with Crippen LogP contribution >= 0.6 is 11.6 Å².